The Kier molecular flexibility index (Phi) is 5.26. The van der Waals surface area contributed by atoms with Crippen LogP contribution in [0.25, 0.3) is 0 Å². The summed E-state index contributed by atoms with van der Waals surface area (Å²) in [7, 11) is 1.57. The Morgan fingerprint density at radius 1 is 1.27 bits per heavy atom. The molecule has 0 unspecified atom stereocenters. The number of benzene rings is 1. The van der Waals surface area contributed by atoms with E-state index in [1.54, 1.807) is 32.2 Å². The highest BCUT2D eigenvalue weighted by Crippen LogP contribution is 2.19. The Morgan fingerprint density at radius 2 is 2.09 bits per heavy atom. The fraction of sp³-hybridized carbons (Fsp3) is 0.267. The number of anilines is 1. The number of nitrogens with zero attached hydrogens (tertiary/aromatic N) is 1. The molecule has 0 fully saturated rings. The van der Waals surface area contributed by atoms with E-state index in [9.17, 15) is 9.59 Å². The van der Waals surface area contributed by atoms with Crippen molar-refractivity contribution in [2.75, 3.05) is 25.6 Å². The molecule has 2 rings (SSSR count). The molecule has 0 aliphatic rings. The number of hydrogen-bond donors (Lipinski definition) is 2. The lowest BCUT2D eigenvalue weighted by Crippen LogP contribution is -2.27. The van der Waals surface area contributed by atoms with Crippen molar-refractivity contribution in [3.05, 3.63) is 47.3 Å². The van der Waals surface area contributed by atoms with Gasteiger partial charge in [-0.25, -0.2) is 0 Å². The van der Waals surface area contributed by atoms with Crippen LogP contribution in [0.1, 0.15) is 26.4 Å². The second-order valence-corrected chi connectivity index (χ2v) is 4.57. The average molecular weight is 303 g/mol. The van der Waals surface area contributed by atoms with Crippen molar-refractivity contribution in [1.29, 1.82) is 0 Å². The van der Waals surface area contributed by atoms with Crippen molar-refractivity contribution in [3.63, 3.8) is 0 Å². The van der Waals surface area contributed by atoms with Crippen molar-refractivity contribution >= 4 is 17.5 Å². The number of carbonyl (C=O) groups is 2. The Morgan fingerprint density at radius 3 is 2.77 bits per heavy atom. The second kappa shape index (κ2) is 7.37. The molecule has 0 spiro atoms. The number of ether oxygens (including phenoxy) is 1. The van der Waals surface area contributed by atoms with Crippen molar-refractivity contribution in [3.8, 4) is 0 Å². The first-order valence-corrected chi connectivity index (χ1v) is 6.72. The van der Waals surface area contributed by atoms with Gasteiger partial charge in [0.1, 0.15) is 6.26 Å². The Labute approximate surface area is 127 Å². The molecule has 0 saturated heterocycles. The third-order valence-electron chi connectivity index (χ3n) is 3.09. The summed E-state index contributed by atoms with van der Waals surface area (Å²) in [6, 6.07) is 6.59. The number of nitrogens with one attached hydrogen (secondary N) is 2. The largest absolute Gasteiger partial charge is 0.383 e. The van der Waals surface area contributed by atoms with Gasteiger partial charge in [-0.15, -0.1) is 0 Å². The van der Waals surface area contributed by atoms with Crippen LogP contribution in [0.3, 0.4) is 0 Å². The van der Waals surface area contributed by atoms with Crippen LogP contribution in [0, 0.1) is 6.92 Å². The summed E-state index contributed by atoms with van der Waals surface area (Å²) in [6.45, 7) is 2.63. The molecule has 7 nitrogen and oxygen atoms in total. The fourth-order valence-electron chi connectivity index (χ4n) is 1.89. The van der Waals surface area contributed by atoms with Crippen LogP contribution < -0.4 is 10.6 Å². The molecule has 1 aromatic carbocycles. The maximum atomic E-state index is 12.1. The highest BCUT2D eigenvalue weighted by atomic mass is 16.5. The molecular formula is C15H17N3O4. The van der Waals surface area contributed by atoms with Gasteiger partial charge in [0.2, 0.25) is 0 Å². The molecule has 7 heteroatoms. The summed E-state index contributed by atoms with van der Waals surface area (Å²) in [5, 5.41) is 9.02. The molecule has 0 bridgehead atoms. The van der Waals surface area contributed by atoms with E-state index in [4.69, 9.17) is 4.74 Å². The van der Waals surface area contributed by atoms with E-state index in [0.717, 1.165) is 0 Å². The van der Waals surface area contributed by atoms with Crippen molar-refractivity contribution < 1.29 is 18.8 Å². The number of rotatable bonds is 6. The normalized spacial score (nSPS) is 10.3. The molecule has 1 aromatic heterocycles. The number of hydrogen-bond acceptors (Lipinski definition) is 5. The highest BCUT2D eigenvalue weighted by molar-refractivity contribution is 6.04. The van der Waals surface area contributed by atoms with Gasteiger partial charge >= 0.3 is 0 Å². The number of amides is 2. The van der Waals surface area contributed by atoms with Gasteiger partial charge in [0.25, 0.3) is 11.8 Å². The maximum absolute atomic E-state index is 12.1. The Balaban J connectivity index is 2.12. The molecule has 0 atom stereocenters. The van der Waals surface area contributed by atoms with Crippen LogP contribution in [-0.4, -0.2) is 37.2 Å². The van der Waals surface area contributed by atoms with E-state index in [2.05, 4.69) is 20.3 Å². The lowest BCUT2D eigenvalue weighted by molar-refractivity contribution is 0.0935. The molecule has 22 heavy (non-hydrogen) atoms. The molecule has 2 aromatic rings. The molecule has 0 aliphatic heterocycles. The Bertz CT molecular complexity index is 653. The van der Waals surface area contributed by atoms with Gasteiger partial charge in [-0.2, -0.15) is 0 Å². The molecule has 2 N–H and O–H groups in total. The van der Waals surface area contributed by atoms with Gasteiger partial charge in [0, 0.05) is 31.0 Å². The molecule has 0 radical (unpaired) electrons. The van der Waals surface area contributed by atoms with Crippen LogP contribution in [0.15, 0.2) is 35.1 Å². The first-order chi connectivity index (χ1) is 10.6. The SMILES string of the molecule is COCCNC(=O)c1cccc(NC(=O)c2ccon2)c1C. The van der Waals surface area contributed by atoms with E-state index in [0.29, 0.717) is 30.0 Å². The van der Waals surface area contributed by atoms with Gasteiger partial charge in [0.05, 0.1) is 6.61 Å². The minimum Gasteiger partial charge on any atom is -0.383 e. The maximum Gasteiger partial charge on any atom is 0.277 e. The van der Waals surface area contributed by atoms with E-state index in [1.165, 1.54) is 12.3 Å². The number of aromatic nitrogens is 1. The summed E-state index contributed by atoms with van der Waals surface area (Å²) in [4.78, 5) is 24.1. The zero-order chi connectivity index (χ0) is 15.9. The van der Waals surface area contributed by atoms with Crippen molar-refractivity contribution in [1.82, 2.24) is 10.5 Å². The van der Waals surface area contributed by atoms with Crippen LogP contribution in [-0.2, 0) is 4.74 Å². The van der Waals surface area contributed by atoms with Crippen molar-refractivity contribution in [2.45, 2.75) is 6.92 Å². The summed E-state index contributed by atoms with van der Waals surface area (Å²) in [5.41, 5.74) is 1.89. The monoisotopic (exact) mass is 303 g/mol. The van der Waals surface area contributed by atoms with Crippen LogP contribution in [0.2, 0.25) is 0 Å². The summed E-state index contributed by atoms with van der Waals surface area (Å²) in [5.74, 6) is -0.610. The van der Waals surface area contributed by atoms with E-state index >= 15 is 0 Å². The number of carbonyl (C=O) groups excluding carboxylic acids is 2. The minimum atomic E-state index is -0.395. The predicted octanol–water partition coefficient (Wildman–Crippen LogP) is 1.61. The molecular weight excluding hydrogens is 286 g/mol. The summed E-state index contributed by atoms with van der Waals surface area (Å²) < 4.78 is 9.52. The molecule has 1 heterocycles. The molecule has 0 saturated carbocycles. The molecule has 116 valence electrons. The van der Waals surface area contributed by atoms with Crippen LogP contribution in [0.5, 0.6) is 0 Å². The van der Waals surface area contributed by atoms with E-state index in [1.807, 2.05) is 0 Å². The highest BCUT2D eigenvalue weighted by Gasteiger charge is 2.14. The molecule has 2 amide bonds. The van der Waals surface area contributed by atoms with Gasteiger partial charge < -0.3 is 19.9 Å². The van der Waals surface area contributed by atoms with Gasteiger partial charge in [-0.3, -0.25) is 9.59 Å². The smallest absolute Gasteiger partial charge is 0.277 e. The lowest BCUT2D eigenvalue weighted by atomic mass is 10.1. The van der Waals surface area contributed by atoms with Crippen LogP contribution in [0.4, 0.5) is 5.69 Å². The average Bonchev–Trinajstić information content (AvgIpc) is 3.04. The van der Waals surface area contributed by atoms with Gasteiger partial charge in [-0.1, -0.05) is 11.2 Å². The topological polar surface area (TPSA) is 93.5 Å². The second-order valence-electron chi connectivity index (χ2n) is 4.57. The lowest BCUT2D eigenvalue weighted by Gasteiger charge is -2.12. The predicted molar refractivity (Wildman–Crippen MR) is 79.8 cm³/mol. The van der Waals surface area contributed by atoms with Crippen molar-refractivity contribution in [2.24, 2.45) is 0 Å². The third-order valence-corrected chi connectivity index (χ3v) is 3.09. The third kappa shape index (κ3) is 3.70. The quantitative estimate of drug-likeness (QED) is 0.791. The Hall–Kier alpha value is -2.67. The number of methoxy groups -OCH3 is 1. The first-order valence-electron chi connectivity index (χ1n) is 6.72. The fourth-order valence-corrected chi connectivity index (χ4v) is 1.89. The standard InChI is InChI=1S/C15H17N3O4/c1-10-11(14(19)16-7-9-21-2)4-3-5-12(10)17-15(20)13-6-8-22-18-13/h3-6,8H,7,9H2,1-2H3,(H,16,19)(H,17,20). The summed E-state index contributed by atoms with van der Waals surface area (Å²) >= 11 is 0. The van der Waals surface area contributed by atoms with E-state index in [-0.39, 0.29) is 11.6 Å². The van der Waals surface area contributed by atoms with E-state index < -0.39 is 5.91 Å². The first kappa shape index (κ1) is 15.7. The minimum absolute atomic E-state index is 0.175. The summed E-state index contributed by atoms with van der Waals surface area (Å²) in [6.07, 6.45) is 1.32. The van der Waals surface area contributed by atoms with Crippen LogP contribution >= 0.6 is 0 Å². The zero-order valence-corrected chi connectivity index (χ0v) is 12.4. The van der Waals surface area contributed by atoms with Gasteiger partial charge in [0.15, 0.2) is 5.69 Å². The zero-order valence-electron chi connectivity index (χ0n) is 12.4. The van der Waals surface area contributed by atoms with Gasteiger partial charge in [-0.05, 0) is 24.6 Å². The molecule has 0 aliphatic carbocycles.